The van der Waals surface area contributed by atoms with Gasteiger partial charge in [0.1, 0.15) is 0 Å². The van der Waals surface area contributed by atoms with Gasteiger partial charge in [0.2, 0.25) is 0 Å². The minimum absolute atomic E-state index is 0.0529. The van der Waals surface area contributed by atoms with Gasteiger partial charge in [0.05, 0.1) is 11.4 Å². The molecule has 0 radical (unpaired) electrons. The van der Waals surface area contributed by atoms with Gasteiger partial charge in [-0.05, 0) is 30.7 Å². The van der Waals surface area contributed by atoms with Crippen molar-refractivity contribution in [1.29, 1.82) is 0 Å². The quantitative estimate of drug-likeness (QED) is 0.517. The average molecular weight is 372 g/mol. The van der Waals surface area contributed by atoms with Crippen LogP contribution in [0.4, 0.5) is 5.69 Å². The van der Waals surface area contributed by atoms with E-state index in [0.717, 1.165) is 33.8 Å². The van der Waals surface area contributed by atoms with Gasteiger partial charge in [-0.25, -0.2) is 4.99 Å². The molecule has 0 aromatic heterocycles. The Morgan fingerprint density at radius 2 is 1.74 bits per heavy atom. The summed E-state index contributed by atoms with van der Waals surface area (Å²) in [5.74, 6) is -0.0529. The van der Waals surface area contributed by atoms with Crippen molar-refractivity contribution in [3.8, 4) is 0 Å². The lowest BCUT2D eigenvalue weighted by Gasteiger charge is -2.08. The molecule has 0 atom stereocenters. The molecule has 3 aromatic rings. The summed E-state index contributed by atoms with van der Waals surface area (Å²) in [5.41, 5.74) is 4.59. The molecule has 1 amide bonds. The number of nitrogens with one attached hydrogen (secondary N) is 1. The molecule has 0 saturated carbocycles. The van der Waals surface area contributed by atoms with Gasteiger partial charge in [0.15, 0.2) is 0 Å². The maximum atomic E-state index is 12.4. The first-order valence-electron chi connectivity index (χ1n) is 9.10. The van der Waals surface area contributed by atoms with Crippen LogP contribution in [0, 0.1) is 0 Å². The SMILES string of the molecule is CCCNC(=O)c1ccc2c(c1)N=C(c1ccccc1)c1ccccc1S2. The lowest BCUT2D eigenvalue weighted by atomic mass is 10.0. The Bertz CT molecular complexity index is 1010. The predicted molar refractivity (Wildman–Crippen MR) is 111 cm³/mol. The summed E-state index contributed by atoms with van der Waals surface area (Å²) in [6.07, 6.45) is 0.915. The molecule has 0 aliphatic carbocycles. The highest BCUT2D eigenvalue weighted by Gasteiger charge is 2.19. The molecule has 3 aromatic carbocycles. The Balaban J connectivity index is 1.84. The van der Waals surface area contributed by atoms with Gasteiger partial charge >= 0.3 is 0 Å². The molecule has 0 bridgehead atoms. The molecule has 0 saturated heterocycles. The van der Waals surface area contributed by atoms with Gasteiger partial charge in [0, 0.05) is 33.0 Å². The van der Waals surface area contributed by atoms with Crippen molar-refractivity contribution in [1.82, 2.24) is 5.32 Å². The highest BCUT2D eigenvalue weighted by Crippen LogP contribution is 2.41. The Kier molecular flexibility index (Phi) is 5.07. The lowest BCUT2D eigenvalue weighted by molar-refractivity contribution is 0.0953. The van der Waals surface area contributed by atoms with Crippen LogP contribution in [-0.2, 0) is 0 Å². The highest BCUT2D eigenvalue weighted by atomic mass is 32.2. The Labute approximate surface area is 163 Å². The smallest absolute Gasteiger partial charge is 0.251 e. The van der Waals surface area contributed by atoms with Crippen LogP contribution < -0.4 is 5.32 Å². The Morgan fingerprint density at radius 1 is 0.963 bits per heavy atom. The van der Waals surface area contributed by atoms with E-state index in [1.807, 2.05) is 55.5 Å². The van der Waals surface area contributed by atoms with Crippen LogP contribution in [0.3, 0.4) is 0 Å². The molecule has 134 valence electrons. The van der Waals surface area contributed by atoms with Gasteiger partial charge in [0.25, 0.3) is 5.91 Å². The number of fused-ring (bicyclic) bond motifs is 2. The largest absolute Gasteiger partial charge is 0.352 e. The standard InChI is InChI=1S/C23H20N2OS/c1-2-14-24-23(26)17-12-13-21-19(15-17)25-22(16-8-4-3-5-9-16)18-10-6-7-11-20(18)27-21/h3-13,15H,2,14H2,1H3,(H,24,26). The fraction of sp³-hybridized carbons (Fsp3) is 0.130. The van der Waals surface area contributed by atoms with E-state index in [-0.39, 0.29) is 5.91 Å². The third-order valence-corrected chi connectivity index (χ3v) is 5.54. The van der Waals surface area contributed by atoms with E-state index in [9.17, 15) is 4.79 Å². The number of carbonyl (C=O) groups excluding carboxylic acids is 1. The number of aliphatic imine (C=N–C) groups is 1. The van der Waals surface area contributed by atoms with Crippen molar-refractivity contribution in [2.45, 2.75) is 23.1 Å². The van der Waals surface area contributed by atoms with Crippen molar-refractivity contribution < 1.29 is 4.79 Å². The zero-order chi connectivity index (χ0) is 18.6. The zero-order valence-corrected chi connectivity index (χ0v) is 15.9. The highest BCUT2D eigenvalue weighted by molar-refractivity contribution is 7.99. The van der Waals surface area contributed by atoms with Gasteiger partial charge < -0.3 is 5.32 Å². The Hall–Kier alpha value is -2.85. The molecule has 1 heterocycles. The number of benzene rings is 3. The van der Waals surface area contributed by atoms with Crippen molar-refractivity contribution in [2.75, 3.05) is 6.54 Å². The minimum Gasteiger partial charge on any atom is -0.352 e. The second-order valence-corrected chi connectivity index (χ2v) is 7.45. The number of amides is 1. The van der Waals surface area contributed by atoms with Crippen LogP contribution in [0.1, 0.15) is 34.8 Å². The van der Waals surface area contributed by atoms with Crippen molar-refractivity contribution >= 4 is 29.1 Å². The van der Waals surface area contributed by atoms with Gasteiger partial charge in [-0.3, -0.25) is 4.79 Å². The summed E-state index contributed by atoms with van der Waals surface area (Å²) >= 11 is 1.69. The molecule has 1 aliphatic rings. The second-order valence-electron chi connectivity index (χ2n) is 6.36. The van der Waals surface area contributed by atoms with Crippen LogP contribution in [0.25, 0.3) is 0 Å². The van der Waals surface area contributed by atoms with E-state index in [4.69, 9.17) is 4.99 Å². The topological polar surface area (TPSA) is 41.5 Å². The number of carbonyl (C=O) groups is 1. The third-order valence-electron chi connectivity index (χ3n) is 4.40. The van der Waals surface area contributed by atoms with Crippen molar-refractivity contribution in [3.63, 3.8) is 0 Å². The van der Waals surface area contributed by atoms with Crippen LogP contribution in [0.2, 0.25) is 0 Å². The van der Waals surface area contributed by atoms with E-state index in [1.165, 1.54) is 4.90 Å². The fourth-order valence-electron chi connectivity index (χ4n) is 3.04. The Morgan fingerprint density at radius 3 is 2.56 bits per heavy atom. The molecular formula is C23H20N2OS. The number of hydrogen-bond donors (Lipinski definition) is 1. The summed E-state index contributed by atoms with van der Waals surface area (Å²) in [6, 6.07) is 24.3. The van der Waals surface area contributed by atoms with Crippen LogP contribution in [0.5, 0.6) is 0 Å². The fourth-order valence-corrected chi connectivity index (χ4v) is 4.04. The lowest BCUT2D eigenvalue weighted by Crippen LogP contribution is -2.23. The maximum absolute atomic E-state index is 12.4. The summed E-state index contributed by atoms with van der Waals surface area (Å²) in [7, 11) is 0. The monoisotopic (exact) mass is 372 g/mol. The van der Waals surface area contributed by atoms with E-state index in [1.54, 1.807) is 11.8 Å². The van der Waals surface area contributed by atoms with Gasteiger partial charge in [-0.15, -0.1) is 0 Å². The number of rotatable bonds is 4. The zero-order valence-electron chi connectivity index (χ0n) is 15.1. The molecule has 0 spiro atoms. The van der Waals surface area contributed by atoms with Gasteiger partial charge in [-0.1, -0.05) is 67.2 Å². The third kappa shape index (κ3) is 3.67. The van der Waals surface area contributed by atoms with E-state index in [0.29, 0.717) is 12.1 Å². The van der Waals surface area contributed by atoms with Crippen LogP contribution >= 0.6 is 11.8 Å². The molecule has 0 unspecified atom stereocenters. The molecule has 4 rings (SSSR count). The normalized spacial score (nSPS) is 12.4. The summed E-state index contributed by atoms with van der Waals surface area (Å²) in [4.78, 5) is 19.6. The molecule has 1 aliphatic heterocycles. The summed E-state index contributed by atoms with van der Waals surface area (Å²) < 4.78 is 0. The first kappa shape index (κ1) is 17.6. The van der Waals surface area contributed by atoms with Crippen LogP contribution in [0.15, 0.2) is 87.6 Å². The van der Waals surface area contributed by atoms with Crippen molar-refractivity contribution in [3.05, 3.63) is 89.5 Å². The number of hydrogen-bond acceptors (Lipinski definition) is 3. The molecule has 27 heavy (non-hydrogen) atoms. The first-order valence-corrected chi connectivity index (χ1v) is 9.91. The molecule has 1 N–H and O–H groups in total. The summed E-state index contributed by atoms with van der Waals surface area (Å²) in [5, 5.41) is 2.94. The van der Waals surface area contributed by atoms with Gasteiger partial charge in [-0.2, -0.15) is 0 Å². The van der Waals surface area contributed by atoms with E-state index >= 15 is 0 Å². The maximum Gasteiger partial charge on any atom is 0.251 e. The first-order chi connectivity index (χ1) is 13.3. The van der Waals surface area contributed by atoms with E-state index < -0.39 is 0 Å². The minimum atomic E-state index is -0.0529. The molecular weight excluding hydrogens is 352 g/mol. The summed E-state index contributed by atoms with van der Waals surface area (Å²) in [6.45, 7) is 2.72. The second kappa shape index (κ2) is 7.80. The van der Waals surface area contributed by atoms with Crippen molar-refractivity contribution in [2.24, 2.45) is 4.99 Å². The molecule has 0 fully saturated rings. The molecule has 3 nitrogen and oxygen atoms in total. The molecule has 4 heteroatoms. The predicted octanol–water partition coefficient (Wildman–Crippen LogP) is 5.46. The average Bonchev–Trinajstić information content (AvgIpc) is 2.88. The number of nitrogens with zero attached hydrogens (tertiary/aromatic N) is 1. The van der Waals surface area contributed by atoms with E-state index in [2.05, 4.69) is 29.6 Å². The van der Waals surface area contributed by atoms with Crippen LogP contribution in [-0.4, -0.2) is 18.2 Å².